The minimum Gasteiger partial charge on any atom is -0.356 e. The van der Waals surface area contributed by atoms with Crippen LogP contribution in [0.5, 0.6) is 0 Å². The van der Waals surface area contributed by atoms with Crippen molar-refractivity contribution in [2.75, 3.05) is 6.54 Å². The highest BCUT2D eigenvalue weighted by Crippen LogP contribution is 2.49. The number of carbonyl (C=O) groups is 1. The van der Waals surface area contributed by atoms with E-state index >= 15 is 4.39 Å². The van der Waals surface area contributed by atoms with Crippen LogP contribution >= 0.6 is 23.2 Å². The summed E-state index contributed by atoms with van der Waals surface area (Å²) in [4.78, 5) is 15.7. The van der Waals surface area contributed by atoms with Gasteiger partial charge < -0.3 is 10.2 Å². The molecule has 3 unspecified atom stereocenters. The average molecular weight is 644 g/mol. The van der Waals surface area contributed by atoms with Crippen molar-refractivity contribution in [3.8, 4) is 0 Å². The fourth-order valence-corrected chi connectivity index (χ4v) is 7.96. The molecule has 2 heterocycles. The second kappa shape index (κ2) is 15.4. The highest BCUT2D eigenvalue weighted by Gasteiger charge is 2.46. The molecule has 0 aromatic heterocycles. The van der Waals surface area contributed by atoms with Gasteiger partial charge in [-0.3, -0.25) is 15.5 Å². The van der Waals surface area contributed by atoms with Gasteiger partial charge in [-0.05, 0) is 79.5 Å². The number of benzene rings is 2. The summed E-state index contributed by atoms with van der Waals surface area (Å²) in [5, 5.41) is 15.8. The van der Waals surface area contributed by atoms with Gasteiger partial charge in [0.15, 0.2) is 6.30 Å². The van der Waals surface area contributed by atoms with Crippen molar-refractivity contribution in [2.45, 2.75) is 128 Å². The zero-order valence-electron chi connectivity index (χ0n) is 26.2. The molecule has 44 heavy (non-hydrogen) atoms. The molecule has 2 saturated heterocycles. The number of hydrogen-bond acceptors (Lipinski definition) is 3. The fraction of sp³-hybridized carbons (Fsp3) is 0.611. The first-order valence-corrected chi connectivity index (χ1v) is 17.6. The second-order valence-electron chi connectivity index (χ2n) is 13.5. The number of hydrogen-bond donors (Lipinski definition) is 3. The Morgan fingerprint density at radius 1 is 0.955 bits per heavy atom. The SMILES string of the molecule is CC1NC(F)C2(CCCCCCCCCCC2)CC1c1cc(CN2CCCC2=N)cc(C(=O)NCc2ccc(Cl)c(Cl)c2)c1. The van der Waals surface area contributed by atoms with Crippen molar-refractivity contribution < 1.29 is 9.18 Å². The van der Waals surface area contributed by atoms with E-state index in [1.165, 1.54) is 44.9 Å². The predicted molar refractivity (Wildman–Crippen MR) is 180 cm³/mol. The van der Waals surface area contributed by atoms with Crippen molar-refractivity contribution in [3.05, 3.63) is 68.7 Å². The van der Waals surface area contributed by atoms with Gasteiger partial charge in [-0.25, -0.2) is 4.39 Å². The molecule has 240 valence electrons. The molecule has 0 radical (unpaired) electrons. The summed E-state index contributed by atoms with van der Waals surface area (Å²) in [6, 6.07) is 11.5. The Morgan fingerprint density at radius 2 is 1.64 bits per heavy atom. The zero-order chi connectivity index (χ0) is 31.1. The standard InChI is InChI=1S/C36H49Cl2FN4O/c1-25-30(22-36(35(39)42-25)15-9-7-5-3-2-4-6-8-10-16-36)28-18-27(24-43-17-11-12-33(43)40)19-29(21-28)34(44)41-23-26-13-14-31(37)32(38)20-26/h13-14,18-21,25,30,35,40,42H,2-12,15-17,22-24H2,1H3,(H,41,44). The molecule has 5 nitrogen and oxygen atoms in total. The minimum atomic E-state index is -1.01. The van der Waals surface area contributed by atoms with Crippen LogP contribution in [0.3, 0.4) is 0 Å². The quantitative estimate of drug-likeness (QED) is 0.275. The van der Waals surface area contributed by atoms with Crippen molar-refractivity contribution in [1.29, 1.82) is 5.41 Å². The molecule has 3 fully saturated rings. The third-order valence-corrected chi connectivity index (χ3v) is 11.0. The van der Waals surface area contributed by atoms with E-state index < -0.39 is 6.30 Å². The van der Waals surface area contributed by atoms with Crippen molar-refractivity contribution >= 4 is 34.9 Å². The van der Waals surface area contributed by atoms with Crippen molar-refractivity contribution in [3.63, 3.8) is 0 Å². The average Bonchev–Trinajstić information content (AvgIpc) is 3.40. The lowest BCUT2D eigenvalue weighted by Gasteiger charge is -2.48. The topological polar surface area (TPSA) is 68.2 Å². The third kappa shape index (κ3) is 8.35. The van der Waals surface area contributed by atoms with Gasteiger partial charge in [0.25, 0.3) is 5.91 Å². The second-order valence-corrected chi connectivity index (χ2v) is 14.4. The molecule has 3 aliphatic rings. The van der Waals surface area contributed by atoms with Gasteiger partial charge in [-0.15, -0.1) is 0 Å². The molecule has 5 rings (SSSR count). The number of nitrogens with one attached hydrogen (secondary N) is 3. The first-order chi connectivity index (χ1) is 21.2. The number of likely N-dealkylation sites (tertiary alicyclic amines) is 1. The predicted octanol–water partition coefficient (Wildman–Crippen LogP) is 9.55. The monoisotopic (exact) mass is 642 g/mol. The maximum absolute atomic E-state index is 16.1. The molecule has 2 aromatic rings. The largest absolute Gasteiger partial charge is 0.356 e. The Balaban J connectivity index is 1.41. The number of carbonyl (C=O) groups excluding carboxylic acids is 1. The van der Waals surface area contributed by atoms with Crippen LogP contribution in [-0.4, -0.2) is 35.5 Å². The molecule has 1 amide bonds. The smallest absolute Gasteiger partial charge is 0.251 e. The van der Waals surface area contributed by atoms with E-state index in [2.05, 4.69) is 28.5 Å². The van der Waals surface area contributed by atoms with E-state index in [9.17, 15) is 4.79 Å². The molecule has 1 spiro atoms. The fourth-order valence-electron chi connectivity index (χ4n) is 7.64. The van der Waals surface area contributed by atoms with Crippen molar-refractivity contribution in [1.82, 2.24) is 15.5 Å². The van der Waals surface area contributed by atoms with Crippen LogP contribution in [-0.2, 0) is 13.1 Å². The van der Waals surface area contributed by atoms with Crippen LogP contribution in [0.25, 0.3) is 0 Å². The molecule has 1 saturated carbocycles. The van der Waals surface area contributed by atoms with E-state index in [-0.39, 0.29) is 23.3 Å². The number of nitrogens with zero attached hydrogens (tertiary/aromatic N) is 1. The number of halogens is 3. The summed E-state index contributed by atoms with van der Waals surface area (Å²) in [5.41, 5.74) is 3.20. The Hall–Kier alpha value is -2.15. The zero-order valence-corrected chi connectivity index (χ0v) is 27.7. The van der Waals surface area contributed by atoms with Crippen LogP contribution in [0.4, 0.5) is 4.39 Å². The molecule has 0 bridgehead atoms. The summed E-state index contributed by atoms with van der Waals surface area (Å²) < 4.78 is 16.1. The van der Waals surface area contributed by atoms with Crippen LogP contribution in [0.15, 0.2) is 36.4 Å². The first-order valence-electron chi connectivity index (χ1n) is 16.8. The summed E-state index contributed by atoms with van der Waals surface area (Å²) in [6.45, 7) is 3.88. The minimum absolute atomic E-state index is 0.0514. The van der Waals surface area contributed by atoms with E-state index in [0.717, 1.165) is 68.2 Å². The molecule has 1 aliphatic carbocycles. The number of alkyl halides is 1. The van der Waals surface area contributed by atoms with Crippen LogP contribution in [0.1, 0.15) is 130 Å². The normalized spacial score (nSPS) is 25.0. The molecule has 3 atom stereocenters. The lowest BCUT2D eigenvalue weighted by atomic mass is 9.65. The van der Waals surface area contributed by atoms with Crippen LogP contribution in [0.2, 0.25) is 10.0 Å². The molecular weight excluding hydrogens is 594 g/mol. The van der Waals surface area contributed by atoms with Gasteiger partial charge in [0.1, 0.15) is 0 Å². The highest BCUT2D eigenvalue weighted by molar-refractivity contribution is 6.42. The number of amides is 1. The summed E-state index contributed by atoms with van der Waals surface area (Å²) in [5.74, 6) is 0.590. The molecule has 8 heteroatoms. The Kier molecular flexibility index (Phi) is 11.6. The van der Waals surface area contributed by atoms with Gasteiger partial charge in [0.2, 0.25) is 0 Å². The maximum atomic E-state index is 16.1. The number of amidine groups is 1. The van der Waals surface area contributed by atoms with E-state index in [4.69, 9.17) is 28.6 Å². The van der Waals surface area contributed by atoms with Gasteiger partial charge >= 0.3 is 0 Å². The van der Waals surface area contributed by atoms with Crippen molar-refractivity contribution in [2.24, 2.45) is 5.41 Å². The van der Waals surface area contributed by atoms with Gasteiger partial charge in [-0.2, -0.15) is 0 Å². The summed E-state index contributed by atoms with van der Waals surface area (Å²) in [7, 11) is 0. The van der Waals surface area contributed by atoms with Gasteiger partial charge in [0.05, 0.1) is 15.9 Å². The Bertz CT molecular complexity index is 1290. The first kappa shape index (κ1) is 33.2. The van der Waals surface area contributed by atoms with Gasteiger partial charge in [-0.1, -0.05) is 93.1 Å². The third-order valence-electron chi connectivity index (χ3n) is 10.3. The van der Waals surface area contributed by atoms with E-state index in [0.29, 0.717) is 34.5 Å². The molecule has 2 aromatic carbocycles. The van der Waals surface area contributed by atoms with E-state index in [1.54, 1.807) is 12.1 Å². The van der Waals surface area contributed by atoms with E-state index in [1.807, 2.05) is 18.2 Å². The Labute approximate surface area is 273 Å². The Morgan fingerprint density at radius 3 is 2.27 bits per heavy atom. The van der Waals surface area contributed by atoms with Gasteiger partial charge in [0, 0.05) is 43.1 Å². The number of piperidine rings is 1. The number of rotatable bonds is 6. The maximum Gasteiger partial charge on any atom is 0.251 e. The summed E-state index contributed by atoms with van der Waals surface area (Å²) >= 11 is 12.3. The molecular formula is C36H49Cl2FN4O. The lowest BCUT2D eigenvalue weighted by Crippen LogP contribution is -2.54. The summed E-state index contributed by atoms with van der Waals surface area (Å²) in [6.07, 6.45) is 14.3. The van der Waals surface area contributed by atoms with Crippen LogP contribution < -0.4 is 10.6 Å². The molecule has 3 N–H and O–H groups in total. The lowest BCUT2D eigenvalue weighted by molar-refractivity contribution is -0.00804. The van der Waals surface area contributed by atoms with Crippen LogP contribution in [0, 0.1) is 10.8 Å². The highest BCUT2D eigenvalue weighted by atomic mass is 35.5. The molecule has 2 aliphatic heterocycles.